The van der Waals surface area contributed by atoms with E-state index in [0.717, 1.165) is 5.56 Å². The topological polar surface area (TPSA) is 56.8 Å². The number of hydrogen-bond donors (Lipinski definition) is 1. The number of nitrogens with one attached hydrogen (secondary N) is 1. The van der Waals surface area contributed by atoms with E-state index in [1.165, 1.54) is 0 Å². The van der Waals surface area contributed by atoms with E-state index in [1.54, 1.807) is 27.4 Å². The number of ether oxygens (including phenoxy) is 3. The van der Waals surface area contributed by atoms with Gasteiger partial charge in [-0.25, -0.2) is 0 Å². The molecule has 5 nitrogen and oxygen atoms in total. The quantitative estimate of drug-likeness (QED) is 0.900. The van der Waals surface area contributed by atoms with Crippen molar-refractivity contribution >= 4 is 5.91 Å². The Labute approximate surface area is 112 Å². The Kier molecular flexibility index (Phi) is 3.83. The molecule has 1 fully saturated rings. The maximum Gasteiger partial charge on any atom is 0.220 e. The Bertz CT molecular complexity index is 487. The van der Waals surface area contributed by atoms with Crippen molar-refractivity contribution < 1.29 is 19.0 Å². The summed E-state index contributed by atoms with van der Waals surface area (Å²) in [5.41, 5.74) is 0.964. The van der Waals surface area contributed by atoms with Crippen molar-refractivity contribution in [3.05, 3.63) is 17.7 Å². The Hall–Kier alpha value is -1.91. The van der Waals surface area contributed by atoms with Crippen molar-refractivity contribution in [2.24, 2.45) is 0 Å². The normalized spacial score (nSPS) is 22.0. The van der Waals surface area contributed by atoms with Gasteiger partial charge >= 0.3 is 0 Å². The van der Waals surface area contributed by atoms with Crippen LogP contribution in [-0.4, -0.2) is 33.3 Å². The van der Waals surface area contributed by atoms with Crippen molar-refractivity contribution in [3.63, 3.8) is 0 Å². The van der Waals surface area contributed by atoms with Crippen LogP contribution in [0.15, 0.2) is 12.1 Å². The smallest absolute Gasteiger partial charge is 0.220 e. The van der Waals surface area contributed by atoms with E-state index < -0.39 is 0 Å². The summed E-state index contributed by atoms with van der Waals surface area (Å²) < 4.78 is 16.0. The van der Waals surface area contributed by atoms with Crippen LogP contribution in [0.2, 0.25) is 0 Å². The molecule has 1 aromatic carbocycles. The highest BCUT2D eigenvalue weighted by Crippen LogP contribution is 2.41. The molecular formula is C14H19NO4. The summed E-state index contributed by atoms with van der Waals surface area (Å²) in [6.45, 7) is 1.99. The van der Waals surface area contributed by atoms with Crippen LogP contribution in [0.1, 0.15) is 24.8 Å². The minimum Gasteiger partial charge on any atom is -0.496 e. The second-order valence-electron chi connectivity index (χ2n) is 4.62. The molecule has 2 unspecified atom stereocenters. The van der Waals surface area contributed by atoms with Gasteiger partial charge in [-0.3, -0.25) is 4.79 Å². The van der Waals surface area contributed by atoms with Crippen LogP contribution in [0.4, 0.5) is 0 Å². The van der Waals surface area contributed by atoms with Crippen LogP contribution < -0.4 is 19.5 Å². The molecular weight excluding hydrogens is 246 g/mol. The average molecular weight is 265 g/mol. The first kappa shape index (κ1) is 13.5. The van der Waals surface area contributed by atoms with Gasteiger partial charge < -0.3 is 19.5 Å². The standard InChI is InChI=1S/C14H19NO4/c1-8-9(6-14(16)15-8)10-5-12(18-3)13(19-4)7-11(10)17-2/h5,7-9H,6H2,1-4H3,(H,15,16). The molecule has 1 N–H and O–H groups in total. The molecule has 0 aromatic heterocycles. The molecule has 5 heteroatoms. The lowest BCUT2D eigenvalue weighted by atomic mass is 9.91. The number of carbonyl (C=O) groups is 1. The molecule has 0 saturated carbocycles. The van der Waals surface area contributed by atoms with Gasteiger partial charge in [-0.1, -0.05) is 0 Å². The van der Waals surface area contributed by atoms with Crippen LogP contribution >= 0.6 is 0 Å². The number of hydrogen-bond acceptors (Lipinski definition) is 4. The highest BCUT2D eigenvalue weighted by atomic mass is 16.5. The number of rotatable bonds is 4. The number of benzene rings is 1. The molecule has 2 rings (SSSR count). The summed E-state index contributed by atoms with van der Waals surface area (Å²) in [5, 5.41) is 2.92. The molecule has 1 heterocycles. The van der Waals surface area contributed by atoms with Gasteiger partial charge in [0.05, 0.1) is 21.3 Å². The van der Waals surface area contributed by atoms with Crippen molar-refractivity contribution in [3.8, 4) is 17.2 Å². The predicted octanol–water partition coefficient (Wildman–Crippen LogP) is 1.70. The van der Waals surface area contributed by atoms with Crippen molar-refractivity contribution in [1.82, 2.24) is 5.32 Å². The number of carbonyl (C=O) groups excluding carboxylic acids is 1. The number of amides is 1. The Morgan fingerprint density at radius 2 is 1.63 bits per heavy atom. The lowest BCUT2D eigenvalue weighted by Crippen LogP contribution is -2.24. The Morgan fingerprint density at radius 1 is 1.05 bits per heavy atom. The summed E-state index contributed by atoms with van der Waals surface area (Å²) >= 11 is 0. The molecule has 1 aliphatic heterocycles. The average Bonchev–Trinajstić information content (AvgIpc) is 2.75. The molecule has 2 atom stereocenters. The van der Waals surface area contributed by atoms with Crippen LogP contribution in [0.5, 0.6) is 17.2 Å². The number of methoxy groups -OCH3 is 3. The van der Waals surface area contributed by atoms with Crippen LogP contribution in [0.3, 0.4) is 0 Å². The van der Waals surface area contributed by atoms with E-state index in [1.807, 2.05) is 13.0 Å². The molecule has 0 spiro atoms. The second-order valence-corrected chi connectivity index (χ2v) is 4.62. The van der Waals surface area contributed by atoms with Gasteiger partial charge in [0.1, 0.15) is 5.75 Å². The Balaban J connectivity index is 2.46. The van der Waals surface area contributed by atoms with Gasteiger partial charge in [0.15, 0.2) is 11.5 Å². The summed E-state index contributed by atoms with van der Waals surface area (Å²) in [4.78, 5) is 11.5. The highest BCUT2D eigenvalue weighted by molar-refractivity contribution is 5.80. The van der Waals surface area contributed by atoms with Gasteiger partial charge in [-0.15, -0.1) is 0 Å². The van der Waals surface area contributed by atoms with Gasteiger partial charge in [-0.05, 0) is 13.0 Å². The zero-order valence-corrected chi connectivity index (χ0v) is 11.6. The summed E-state index contributed by atoms with van der Waals surface area (Å²) in [6.07, 6.45) is 0.465. The first-order chi connectivity index (χ1) is 9.10. The third-order valence-electron chi connectivity index (χ3n) is 3.53. The lowest BCUT2D eigenvalue weighted by molar-refractivity contribution is -0.119. The van der Waals surface area contributed by atoms with Crippen LogP contribution in [-0.2, 0) is 4.79 Å². The third-order valence-corrected chi connectivity index (χ3v) is 3.53. The molecule has 0 bridgehead atoms. The fourth-order valence-corrected chi connectivity index (χ4v) is 2.51. The van der Waals surface area contributed by atoms with E-state index in [2.05, 4.69) is 5.32 Å². The monoisotopic (exact) mass is 265 g/mol. The lowest BCUT2D eigenvalue weighted by Gasteiger charge is -2.20. The third kappa shape index (κ3) is 2.45. The molecule has 1 aliphatic rings. The molecule has 104 valence electrons. The SMILES string of the molecule is COc1cc(OC)c(C2CC(=O)NC2C)cc1OC. The van der Waals surface area contributed by atoms with Gasteiger partial charge in [0, 0.05) is 30.0 Å². The van der Waals surface area contributed by atoms with E-state index in [9.17, 15) is 4.79 Å². The van der Waals surface area contributed by atoms with Crippen LogP contribution in [0.25, 0.3) is 0 Å². The van der Waals surface area contributed by atoms with Gasteiger partial charge in [-0.2, -0.15) is 0 Å². The molecule has 1 saturated heterocycles. The second kappa shape index (κ2) is 5.38. The summed E-state index contributed by atoms with van der Waals surface area (Å²) in [5.74, 6) is 2.13. The van der Waals surface area contributed by atoms with Crippen molar-refractivity contribution in [1.29, 1.82) is 0 Å². The zero-order chi connectivity index (χ0) is 14.0. The van der Waals surface area contributed by atoms with Crippen molar-refractivity contribution in [2.45, 2.75) is 25.3 Å². The summed E-state index contributed by atoms with van der Waals surface area (Å²) in [6, 6.07) is 3.77. The first-order valence-electron chi connectivity index (χ1n) is 6.20. The molecule has 0 aliphatic carbocycles. The van der Waals surface area contributed by atoms with Gasteiger partial charge in [0.2, 0.25) is 5.91 Å². The molecule has 1 aromatic rings. The first-order valence-corrected chi connectivity index (χ1v) is 6.20. The minimum absolute atomic E-state index is 0.0642. The van der Waals surface area contributed by atoms with E-state index >= 15 is 0 Å². The fourth-order valence-electron chi connectivity index (χ4n) is 2.51. The Morgan fingerprint density at radius 3 is 2.11 bits per heavy atom. The minimum atomic E-state index is 0.0642. The van der Waals surface area contributed by atoms with Gasteiger partial charge in [0.25, 0.3) is 0 Å². The summed E-state index contributed by atoms with van der Waals surface area (Å²) in [7, 11) is 4.79. The fraction of sp³-hybridized carbons (Fsp3) is 0.500. The van der Waals surface area contributed by atoms with E-state index in [4.69, 9.17) is 14.2 Å². The largest absolute Gasteiger partial charge is 0.496 e. The van der Waals surface area contributed by atoms with E-state index in [0.29, 0.717) is 23.7 Å². The maximum atomic E-state index is 11.5. The van der Waals surface area contributed by atoms with Crippen LogP contribution in [0, 0.1) is 0 Å². The molecule has 1 amide bonds. The predicted molar refractivity (Wildman–Crippen MR) is 71.1 cm³/mol. The van der Waals surface area contributed by atoms with E-state index in [-0.39, 0.29) is 17.9 Å². The maximum absolute atomic E-state index is 11.5. The molecule has 0 radical (unpaired) electrons. The van der Waals surface area contributed by atoms with Crippen molar-refractivity contribution in [2.75, 3.05) is 21.3 Å². The zero-order valence-electron chi connectivity index (χ0n) is 11.6. The molecule has 19 heavy (non-hydrogen) atoms. The highest BCUT2D eigenvalue weighted by Gasteiger charge is 2.33.